The van der Waals surface area contributed by atoms with Crippen molar-refractivity contribution in [2.45, 2.75) is 45.4 Å². The number of methoxy groups -OCH3 is 1. The van der Waals surface area contributed by atoms with Crippen LogP contribution in [0.25, 0.3) is 0 Å². The van der Waals surface area contributed by atoms with Crippen LogP contribution in [0.15, 0.2) is 54.6 Å². The van der Waals surface area contributed by atoms with E-state index in [1.807, 2.05) is 68.4 Å². The molecule has 0 bridgehead atoms. The first-order chi connectivity index (χ1) is 13.9. The Kier molecular flexibility index (Phi) is 8.68. The Labute approximate surface area is 172 Å². The third-order valence-corrected chi connectivity index (χ3v) is 4.47. The van der Waals surface area contributed by atoms with E-state index in [0.717, 1.165) is 16.9 Å². The van der Waals surface area contributed by atoms with Gasteiger partial charge in [-0.05, 0) is 42.0 Å². The van der Waals surface area contributed by atoms with Gasteiger partial charge in [-0.25, -0.2) is 4.79 Å². The molecule has 6 nitrogen and oxygen atoms in total. The number of rotatable bonds is 10. The number of hydrogen-bond donors (Lipinski definition) is 2. The van der Waals surface area contributed by atoms with Gasteiger partial charge in [0, 0.05) is 0 Å². The molecule has 0 heterocycles. The number of amides is 1. The maximum atomic E-state index is 12.4. The molecule has 2 rings (SSSR count). The van der Waals surface area contributed by atoms with E-state index < -0.39 is 18.1 Å². The number of benzene rings is 2. The summed E-state index contributed by atoms with van der Waals surface area (Å²) in [5.41, 5.74) is 8.06. The first-order valence-corrected chi connectivity index (χ1v) is 9.78. The highest BCUT2D eigenvalue weighted by molar-refractivity contribution is 5.87. The molecule has 2 aromatic carbocycles. The van der Waals surface area contributed by atoms with Crippen LogP contribution >= 0.6 is 0 Å². The van der Waals surface area contributed by atoms with E-state index in [4.69, 9.17) is 15.2 Å². The van der Waals surface area contributed by atoms with Crippen molar-refractivity contribution < 1.29 is 19.1 Å². The summed E-state index contributed by atoms with van der Waals surface area (Å²) < 4.78 is 10.5. The van der Waals surface area contributed by atoms with E-state index in [1.54, 1.807) is 0 Å². The molecular weight excluding hydrogens is 368 g/mol. The highest BCUT2D eigenvalue weighted by atomic mass is 16.5. The van der Waals surface area contributed by atoms with Gasteiger partial charge in [0.2, 0.25) is 5.91 Å². The van der Waals surface area contributed by atoms with E-state index in [9.17, 15) is 9.59 Å². The summed E-state index contributed by atoms with van der Waals surface area (Å²) in [4.78, 5) is 24.3. The highest BCUT2D eigenvalue weighted by Crippen LogP contribution is 2.15. The molecule has 2 atom stereocenters. The average molecular weight is 399 g/mol. The molecule has 0 spiro atoms. The SMILES string of the molecule is COC(=O)[C@@H](CC(C)C)NC(=O)[C@@H](N)Cc1ccc(OCc2ccccc2)cc1. The summed E-state index contributed by atoms with van der Waals surface area (Å²) in [5.74, 6) is 0.155. The van der Waals surface area contributed by atoms with Gasteiger partial charge in [0.25, 0.3) is 0 Å². The lowest BCUT2D eigenvalue weighted by molar-refractivity contribution is -0.145. The van der Waals surface area contributed by atoms with Crippen LogP contribution in [0.5, 0.6) is 5.75 Å². The zero-order chi connectivity index (χ0) is 21.2. The standard InChI is InChI=1S/C23H30N2O4/c1-16(2)13-21(23(27)28-3)25-22(26)20(24)14-17-9-11-19(12-10-17)29-15-18-7-5-4-6-8-18/h4-12,16,20-21H,13-15,24H2,1-3H3,(H,25,26)/t20-,21+/m0/s1. The van der Waals surface area contributed by atoms with Crippen molar-refractivity contribution in [3.05, 3.63) is 65.7 Å². The summed E-state index contributed by atoms with van der Waals surface area (Å²) in [6, 6.07) is 16.0. The highest BCUT2D eigenvalue weighted by Gasteiger charge is 2.25. The van der Waals surface area contributed by atoms with E-state index >= 15 is 0 Å². The number of carbonyl (C=O) groups excluding carboxylic acids is 2. The fourth-order valence-electron chi connectivity index (χ4n) is 2.92. The number of hydrogen-bond acceptors (Lipinski definition) is 5. The van der Waals surface area contributed by atoms with Gasteiger partial charge in [-0.15, -0.1) is 0 Å². The van der Waals surface area contributed by atoms with E-state index in [-0.39, 0.29) is 11.8 Å². The fourth-order valence-corrected chi connectivity index (χ4v) is 2.92. The number of nitrogens with two attached hydrogens (primary N) is 1. The first-order valence-electron chi connectivity index (χ1n) is 9.78. The summed E-state index contributed by atoms with van der Waals surface area (Å²) in [6.07, 6.45) is 0.860. The predicted molar refractivity (Wildman–Crippen MR) is 112 cm³/mol. The number of nitrogens with one attached hydrogen (secondary N) is 1. The molecule has 1 amide bonds. The molecule has 0 fully saturated rings. The van der Waals surface area contributed by atoms with Crippen LogP contribution in [0, 0.1) is 5.92 Å². The van der Waals surface area contributed by atoms with Gasteiger partial charge in [-0.1, -0.05) is 56.3 Å². The van der Waals surface area contributed by atoms with Gasteiger partial charge < -0.3 is 20.5 Å². The Bertz CT molecular complexity index is 775. The zero-order valence-corrected chi connectivity index (χ0v) is 17.3. The molecule has 156 valence electrons. The molecule has 0 aliphatic heterocycles. The smallest absolute Gasteiger partial charge is 0.328 e. The van der Waals surface area contributed by atoms with Crippen molar-refractivity contribution in [1.29, 1.82) is 0 Å². The van der Waals surface area contributed by atoms with Crippen LogP contribution in [0.1, 0.15) is 31.4 Å². The van der Waals surface area contributed by atoms with Crippen LogP contribution < -0.4 is 15.8 Å². The molecule has 0 aliphatic carbocycles. The Hall–Kier alpha value is -2.86. The number of ether oxygens (including phenoxy) is 2. The normalized spacial score (nSPS) is 12.9. The average Bonchev–Trinajstić information content (AvgIpc) is 2.72. The number of esters is 1. The lowest BCUT2D eigenvalue weighted by Crippen LogP contribution is -2.49. The van der Waals surface area contributed by atoms with Gasteiger partial charge in [-0.2, -0.15) is 0 Å². The number of carbonyl (C=O) groups is 2. The lowest BCUT2D eigenvalue weighted by Gasteiger charge is -2.20. The van der Waals surface area contributed by atoms with Crippen molar-refractivity contribution in [3.8, 4) is 5.75 Å². The molecule has 0 aromatic heterocycles. The molecule has 0 radical (unpaired) electrons. The Morgan fingerprint density at radius 1 is 1.00 bits per heavy atom. The van der Waals surface area contributed by atoms with E-state index in [2.05, 4.69) is 5.32 Å². The minimum Gasteiger partial charge on any atom is -0.489 e. The molecule has 29 heavy (non-hydrogen) atoms. The van der Waals surface area contributed by atoms with Crippen LogP contribution in [0.4, 0.5) is 0 Å². The predicted octanol–water partition coefficient (Wildman–Crippen LogP) is 2.84. The zero-order valence-electron chi connectivity index (χ0n) is 17.3. The maximum Gasteiger partial charge on any atom is 0.328 e. The molecule has 2 aromatic rings. The topological polar surface area (TPSA) is 90.7 Å². The third kappa shape index (κ3) is 7.58. The Balaban J connectivity index is 1.87. The largest absolute Gasteiger partial charge is 0.489 e. The second-order valence-electron chi connectivity index (χ2n) is 7.44. The monoisotopic (exact) mass is 398 g/mol. The van der Waals surface area contributed by atoms with Crippen molar-refractivity contribution in [1.82, 2.24) is 5.32 Å². The summed E-state index contributed by atoms with van der Waals surface area (Å²) in [7, 11) is 1.31. The lowest BCUT2D eigenvalue weighted by atomic mass is 10.0. The first kappa shape index (κ1) is 22.4. The second kappa shape index (κ2) is 11.2. The molecule has 0 unspecified atom stereocenters. The summed E-state index contributed by atoms with van der Waals surface area (Å²) in [6.45, 7) is 4.44. The minimum atomic E-state index is -0.759. The van der Waals surface area contributed by atoms with Crippen molar-refractivity contribution in [2.75, 3.05) is 7.11 Å². The fraction of sp³-hybridized carbons (Fsp3) is 0.391. The quantitative estimate of drug-likeness (QED) is 0.601. The van der Waals surface area contributed by atoms with Crippen molar-refractivity contribution in [3.63, 3.8) is 0 Å². The molecule has 3 N–H and O–H groups in total. The van der Waals surface area contributed by atoms with Gasteiger partial charge in [0.1, 0.15) is 18.4 Å². The second-order valence-corrected chi connectivity index (χ2v) is 7.44. The molecule has 0 aliphatic rings. The van der Waals surface area contributed by atoms with Crippen LogP contribution in [-0.4, -0.2) is 31.1 Å². The van der Waals surface area contributed by atoms with Gasteiger partial charge in [0.05, 0.1) is 13.2 Å². The van der Waals surface area contributed by atoms with Crippen LogP contribution in [-0.2, 0) is 27.4 Å². The molecular formula is C23H30N2O4. The third-order valence-electron chi connectivity index (χ3n) is 4.47. The minimum absolute atomic E-state index is 0.235. The van der Waals surface area contributed by atoms with Crippen molar-refractivity contribution in [2.24, 2.45) is 11.7 Å². The van der Waals surface area contributed by atoms with E-state index in [1.165, 1.54) is 7.11 Å². The molecule has 6 heteroatoms. The van der Waals surface area contributed by atoms with Crippen LogP contribution in [0.2, 0.25) is 0 Å². The Morgan fingerprint density at radius 3 is 2.24 bits per heavy atom. The molecule has 0 saturated carbocycles. The van der Waals surface area contributed by atoms with Crippen LogP contribution in [0.3, 0.4) is 0 Å². The van der Waals surface area contributed by atoms with E-state index in [0.29, 0.717) is 19.4 Å². The summed E-state index contributed by atoms with van der Waals surface area (Å²) in [5, 5.41) is 2.71. The summed E-state index contributed by atoms with van der Waals surface area (Å²) >= 11 is 0. The van der Waals surface area contributed by atoms with Gasteiger partial charge >= 0.3 is 5.97 Å². The Morgan fingerprint density at radius 2 is 1.66 bits per heavy atom. The molecule has 0 saturated heterocycles. The maximum absolute atomic E-state index is 12.4. The van der Waals surface area contributed by atoms with Crippen molar-refractivity contribution >= 4 is 11.9 Å². The van der Waals surface area contributed by atoms with Gasteiger partial charge in [-0.3, -0.25) is 4.79 Å². The van der Waals surface area contributed by atoms with Gasteiger partial charge in [0.15, 0.2) is 0 Å².